The molecule has 2 atom stereocenters. The van der Waals surface area contributed by atoms with Crippen LogP contribution in [-0.2, 0) is 17.1 Å². The van der Waals surface area contributed by atoms with Gasteiger partial charge in [0.1, 0.15) is 0 Å². The quantitative estimate of drug-likeness (QED) is 0.886. The highest BCUT2D eigenvalue weighted by molar-refractivity contribution is 7.89. The van der Waals surface area contributed by atoms with Gasteiger partial charge < -0.3 is 5.32 Å². The Kier molecular flexibility index (Phi) is 3.83. The Morgan fingerprint density at radius 1 is 1.35 bits per heavy atom. The predicted molar refractivity (Wildman–Crippen MR) is 75.7 cm³/mol. The molecule has 2 aliphatic rings. The van der Waals surface area contributed by atoms with Crippen molar-refractivity contribution >= 4 is 10.0 Å². The van der Waals surface area contributed by atoms with Crippen LogP contribution < -0.4 is 5.32 Å². The van der Waals surface area contributed by atoms with E-state index in [1.54, 1.807) is 23.6 Å². The molecule has 20 heavy (non-hydrogen) atoms. The van der Waals surface area contributed by atoms with Gasteiger partial charge in [-0.05, 0) is 50.8 Å². The summed E-state index contributed by atoms with van der Waals surface area (Å²) in [6.45, 7) is 2.62. The topological polar surface area (TPSA) is 67.2 Å². The summed E-state index contributed by atoms with van der Waals surface area (Å²) >= 11 is 0. The van der Waals surface area contributed by atoms with Crippen molar-refractivity contribution in [2.75, 3.05) is 19.6 Å². The van der Waals surface area contributed by atoms with E-state index in [0.717, 1.165) is 38.8 Å². The summed E-state index contributed by atoms with van der Waals surface area (Å²) in [6, 6.07) is 1.73. The van der Waals surface area contributed by atoms with E-state index in [0.29, 0.717) is 17.5 Å². The smallest absolute Gasteiger partial charge is 0.260 e. The second kappa shape index (κ2) is 5.46. The number of hydrogen-bond donors (Lipinski definition) is 1. The first-order valence-electron chi connectivity index (χ1n) is 7.31. The first-order chi connectivity index (χ1) is 9.60. The summed E-state index contributed by atoms with van der Waals surface area (Å²) in [5.41, 5.74) is 0. The molecule has 0 amide bonds. The van der Waals surface area contributed by atoms with E-state index in [1.807, 2.05) is 0 Å². The maximum absolute atomic E-state index is 12.8. The molecule has 2 fully saturated rings. The molecule has 2 saturated heterocycles. The molecule has 0 saturated carbocycles. The van der Waals surface area contributed by atoms with Crippen molar-refractivity contribution in [2.45, 2.75) is 36.8 Å². The Bertz CT molecular complexity index is 563. The maximum Gasteiger partial charge on any atom is 0.260 e. The summed E-state index contributed by atoms with van der Waals surface area (Å²) in [4.78, 5) is 0. The van der Waals surface area contributed by atoms with Crippen molar-refractivity contribution in [3.63, 3.8) is 0 Å². The lowest BCUT2D eigenvalue weighted by molar-refractivity contribution is 0.238. The Balaban J connectivity index is 1.86. The minimum atomic E-state index is -3.42. The van der Waals surface area contributed by atoms with E-state index >= 15 is 0 Å². The van der Waals surface area contributed by atoms with E-state index in [1.165, 1.54) is 4.68 Å². The van der Waals surface area contributed by atoms with Crippen LogP contribution >= 0.6 is 0 Å². The van der Waals surface area contributed by atoms with Crippen LogP contribution in [0.1, 0.15) is 25.7 Å². The molecule has 1 aromatic heterocycles. The molecule has 0 aliphatic carbocycles. The second-order valence-corrected chi connectivity index (χ2v) is 7.56. The van der Waals surface area contributed by atoms with Gasteiger partial charge in [-0.3, -0.25) is 4.68 Å². The van der Waals surface area contributed by atoms with Crippen molar-refractivity contribution in [1.29, 1.82) is 0 Å². The van der Waals surface area contributed by atoms with Gasteiger partial charge in [0, 0.05) is 19.6 Å². The number of nitrogens with one attached hydrogen (secondary N) is 1. The molecule has 2 aliphatic heterocycles. The van der Waals surface area contributed by atoms with Gasteiger partial charge in [-0.1, -0.05) is 0 Å². The number of aromatic nitrogens is 2. The van der Waals surface area contributed by atoms with Crippen LogP contribution in [0.5, 0.6) is 0 Å². The van der Waals surface area contributed by atoms with Crippen LogP contribution in [0.3, 0.4) is 0 Å². The third-order valence-corrected chi connectivity index (χ3v) is 6.48. The number of nitrogens with zero attached hydrogens (tertiary/aromatic N) is 3. The Morgan fingerprint density at radius 2 is 2.20 bits per heavy atom. The van der Waals surface area contributed by atoms with Crippen molar-refractivity contribution < 1.29 is 8.42 Å². The highest BCUT2D eigenvalue weighted by atomic mass is 32.2. The van der Waals surface area contributed by atoms with Crippen LogP contribution in [0.15, 0.2) is 17.3 Å². The van der Waals surface area contributed by atoms with E-state index in [-0.39, 0.29) is 6.04 Å². The van der Waals surface area contributed by atoms with Crippen molar-refractivity contribution in [3.05, 3.63) is 12.3 Å². The predicted octanol–water partition coefficient (Wildman–Crippen LogP) is 0.573. The zero-order valence-corrected chi connectivity index (χ0v) is 12.6. The molecule has 0 spiro atoms. The lowest BCUT2D eigenvalue weighted by Crippen LogP contribution is -2.45. The molecule has 1 N–H and O–H groups in total. The van der Waals surface area contributed by atoms with Crippen molar-refractivity contribution in [2.24, 2.45) is 13.0 Å². The van der Waals surface area contributed by atoms with Gasteiger partial charge in [0.05, 0.1) is 6.20 Å². The summed E-state index contributed by atoms with van der Waals surface area (Å²) < 4.78 is 28.8. The highest BCUT2D eigenvalue weighted by Gasteiger charge is 2.40. The van der Waals surface area contributed by atoms with Crippen LogP contribution in [-0.4, -0.2) is 48.2 Å². The van der Waals surface area contributed by atoms with Gasteiger partial charge >= 0.3 is 0 Å². The lowest BCUT2D eigenvalue weighted by Gasteiger charge is -2.33. The molecule has 3 rings (SSSR count). The van der Waals surface area contributed by atoms with Gasteiger partial charge in [0.25, 0.3) is 10.0 Å². The van der Waals surface area contributed by atoms with Gasteiger partial charge in [-0.25, -0.2) is 8.42 Å². The molecule has 0 radical (unpaired) electrons. The molecule has 3 heterocycles. The van der Waals surface area contributed by atoms with Gasteiger partial charge in [0.2, 0.25) is 0 Å². The van der Waals surface area contributed by atoms with Crippen molar-refractivity contribution in [3.8, 4) is 0 Å². The van der Waals surface area contributed by atoms with Crippen LogP contribution in [0.4, 0.5) is 0 Å². The normalized spacial score (nSPS) is 28.9. The van der Waals surface area contributed by atoms with Gasteiger partial charge in [-0.15, -0.1) is 0 Å². The fraction of sp³-hybridized carbons (Fsp3) is 0.769. The monoisotopic (exact) mass is 298 g/mol. The third-order valence-electron chi connectivity index (χ3n) is 4.48. The first-order valence-corrected chi connectivity index (χ1v) is 8.75. The molecule has 0 aromatic carbocycles. The minimum absolute atomic E-state index is 0.141. The van der Waals surface area contributed by atoms with E-state index in [9.17, 15) is 8.42 Å². The minimum Gasteiger partial charge on any atom is -0.316 e. The van der Waals surface area contributed by atoms with Gasteiger partial charge in [0.15, 0.2) is 5.03 Å². The second-order valence-electron chi connectivity index (χ2n) is 5.72. The third kappa shape index (κ3) is 2.38. The number of piperidine rings is 1. The fourth-order valence-corrected chi connectivity index (χ4v) is 5.34. The fourth-order valence-electron chi connectivity index (χ4n) is 3.48. The summed E-state index contributed by atoms with van der Waals surface area (Å²) in [5.74, 6) is 0.439. The molecular weight excluding hydrogens is 276 g/mol. The molecule has 7 heteroatoms. The summed E-state index contributed by atoms with van der Waals surface area (Å²) in [7, 11) is -1.74. The molecular formula is C13H22N4O2S. The summed E-state index contributed by atoms with van der Waals surface area (Å²) in [5, 5.41) is 7.68. The largest absolute Gasteiger partial charge is 0.316 e. The van der Waals surface area contributed by atoms with Crippen LogP contribution in [0.25, 0.3) is 0 Å². The van der Waals surface area contributed by atoms with Gasteiger partial charge in [-0.2, -0.15) is 9.40 Å². The maximum atomic E-state index is 12.8. The number of hydrogen-bond acceptors (Lipinski definition) is 4. The number of rotatable bonds is 3. The Morgan fingerprint density at radius 3 is 2.85 bits per heavy atom. The molecule has 6 nitrogen and oxygen atoms in total. The number of sulfonamides is 1. The summed E-state index contributed by atoms with van der Waals surface area (Å²) in [6.07, 6.45) is 5.73. The molecule has 112 valence electrons. The van der Waals surface area contributed by atoms with Crippen LogP contribution in [0, 0.1) is 5.92 Å². The molecule has 0 bridgehead atoms. The average Bonchev–Trinajstić information content (AvgIpc) is 3.08. The molecule has 1 aromatic rings. The zero-order valence-electron chi connectivity index (χ0n) is 11.8. The first kappa shape index (κ1) is 14.0. The number of aryl methyl sites for hydroxylation is 1. The van der Waals surface area contributed by atoms with E-state index in [4.69, 9.17) is 0 Å². The molecule has 2 unspecified atom stereocenters. The average molecular weight is 298 g/mol. The standard InChI is InChI=1S/C13H22N4O2S/c1-16-13(6-8-15-16)20(18,19)17-9-3-5-12(17)11-4-2-7-14-10-11/h6,8,11-12,14H,2-5,7,9-10H2,1H3. The lowest BCUT2D eigenvalue weighted by atomic mass is 9.91. The van der Waals surface area contributed by atoms with Crippen molar-refractivity contribution in [1.82, 2.24) is 19.4 Å². The SMILES string of the molecule is Cn1nccc1S(=O)(=O)N1CCCC1C1CCCNC1. The Hall–Kier alpha value is -0.920. The highest BCUT2D eigenvalue weighted by Crippen LogP contribution is 2.32. The Labute approximate surface area is 120 Å². The van der Waals surface area contributed by atoms with Crippen LogP contribution in [0.2, 0.25) is 0 Å². The van der Waals surface area contributed by atoms with E-state index < -0.39 is 10.0 Å². The van der Waals surface area contributed by atoms with E-state index in [2.05, 4.69) is 10.4 Å². The zero-order chi connectivity index (χ0) is 14.2.